The van der Waals surface area contributed by atoms with Crippen LogP contribution in [0, 0.1) is 5.82 Å². The highest BCUT2D eigenvalue weighted by atomic mass is 35.5. The highest BCUT2D eigenvalue weighted by Gasteiger charge is 2.37. The van der Waals surface area contributed by atoms with Crippen LogP contribution in [0.5, 0.6) is 0 Å². The third-order valence-electron chi connectivity index (χ3n) is 2.51. The molecule has 2 rings (SSSR count). The summed E-state index contributed by atoms with van der Waals surface area (Å²) in [5.74, 6) is -1.69. The lowest BCUT2D eigenvalue weighted by Gasteiger charge is -2.14. The number of hydrogen-bond donors (Lipinski definition) is 0. The Kier molecular flexibility index (Phi) is 4.15. The number of nitrogens with zero attached hydrogens (tertiary/aromatic N) is 2. The van der Waals surface area contributed by atoms with Gasteiger partial charge in [-0.1, -0.05) is 11.6 Å². The number of benzene rings is 1. The van der Waals surface area contributed by atoms with Gasteiger partial charge in [0.2, 0.25) is 0 Å². The van der Waals surface area contributed by atoms with Crippen LogP contribution in [-0.4, -0.2) is 15.2 Å². The molecule has 1 aromatic carbocycles. The van der Waals surface area contributed by atoms with Gasteiger partial charge in [0.05, 0.1) is 21.7 Å². The summed E-state index contributed by atoms with van der Waals surface area (Å²) in [7, 11) is 0. The number of carbonyl (C=O) groups is 1. The van der Waals surface area contributed by atoms with Crippen LogP contribution in [0.25, 0.3) is 11.4 Å². The molecule has 0 saturated carbocycles. The van der Waals surface area contributed by atoms with Crippen molar-refractivity contribution in [1.29, 1.82) is 0 Å². The van der Waals surface area contributed by atoms with Crippen molar-refractivity contribution in [2.75, 3.05) is 0 Å². The van der Waals surface area contributed by atoms with E-state index in [1.807, 2.05) is 0 Å². The summed E-state index contributed by atoms with van der Waals surface area (Å²) < 4.78 is 53.0. The van der Waals surface area contributed by atoms with Gasteiger partial charge in [0, 0.05) is 12.4 Å². The Morgan fingerprint density at radius 2 is 1.76 bits per heavy atom. The van der Waals surface area contributed by atoms with Gasteiger partial charge < -0.3 is 0 Å². The first-order chi connectivity index (χ1) is 9.73. The Balaban J connectivity index is 2.86. The van der Waals surface area contributed by atoms with Crippen molar-refractivity contribution in [3.05, 3.63) is 46.5 Å². The van der Waals surface area contributed by atoms with Crippen molar-refractivity contribution in [3.63, 3.8) is 0 Å². The molecule has 21 heavy (non-hydrogen) atoms. The Labute approximate surface area is 125 Å². The molecule has 0 unspecified atom stereocenters. The highest BCUT2D eigenvalue weighted by Crippen LogP contribution is 2.41. The fourth-order valence-electron chi connectivity index (χ4n) is 1.61. The van der Waals surface area contributed by atoms with Crippen molar-refractivity contribution in [3.8, 4) is 11.4 Å². The third kappa shape index (κ3) is 2.98. The van der Waals surface area contributed by atoms with Crippen LogP contribution in [-0.2, 0) is 6.18 Å². The quantitative estimate of drug-likeness (QED) is 0.604. The van der Waals surface area contributed by atoms with Gasteiger partial charge in [-0.25, -0.2) is 14.4 Å². The number of halogens is 6. The van der Waals surface area contributed by atoms with E-state index in [4.69, 9.17) is 23.2 Å². The smallest absolute Gasteiger partial charge is 0.275 e. The zero-order chi connectivity index (χ0) is 15.8. The first-order valence-corrected chi connectivity index (χ1v) is 6.05. The lowest BCUT2D eigenvalue weighted by molar-refractivity contribution is -0.137. The van der Waals surface area contributed by atoms with E-state index in [-0.39, 0.29) is 11.9 Å². The summed E-state index contributed by atoms with van der Waals surface area (Å²) in [5.41, 5.74) is -3.07. The Morgan fingerprint density at radius 1 is 1.19 bits per heavy atom. The van der Waals surface area contributed by atoms with Gasteiger partial charge in [-0.05, 0) is 23.7 Å². The van der Waals surface area contributed by atoms with E-state index in [2.05, 4.69) is 9.97 Å². The number of alkyl halides is 3. The fourth-order valence-corrected chi connectivity index (χ4v) is 2.08. The first kappa shape index (κ1) is 15.7. The van der Waals surface area contributed by atoms with E-state index in [1.54, 1.807) is 0 Å². The highest BCUT2D eigenvalue weighted by molar-refractivity contribution is 6.67. The van der Waals surface area contributed by atoms with Crippen molar-refractivity contribution in [2.45, 2.75) is 6.18 Å². The standard InChI is InChI=1S/C12H4Cl2F4N2O/c13-8-6(12(16,17)18)4-5(10(14)21)9(15)7(8)11-19-2-1-3-20-11/h1-4H. The summed E-state index contributed by atoms with van der Waals surface area (Å²) >= 11 is 10.7. The average Bonchev–Trinajstić information content (AvgIpc) is 2.38. The van der Waals surface area contributed by atoms with Crippen molar-refractivity contribution < 1.29 is 22.4 Å². The molecule has 0 amide bonds. The molecule has 0 aliphatic heterocycles. The second-order valence-electron chi connectivity index (χ2n) is 3.82. The van der Waals surface area contributed by atoms with Gasteiger partial charge in [0.1, 0.15) is 5.82 Å². The van der Waals surface area contributed by atoms with Crippen molar-refractivity contribution in [2.24, 2.45) is 0 Å². The van der Waals surface area contributed by atoms with Crippen LogP contribution in [0.2, 0.25) is 5.02 Å². The van der Waals surface area contributed by atoms with Crippen LogP contribution in [0.15, 0.2) is 24.5 Å². The normalized spacial score (nSPS) is 11.5. The van der Waals surface area contributed by atoms with E-state index in [9.17, 15) is 22.4 Å². The molecule has 0 spiro atoms. The predicted molar refractivity (Wildman–Crippen MR) is 67.6 cm³/mol. The average molecular weight is 339 g/mol. The predicted octanol–water partition coefficient (Wildman–Crippen LogP) is 4.33. The molecule has 9 heteroatoms. The van der Waals surface area contributed by atoms with Crippen LogP contribution >= 0.6 is 23.2 Å². The zero-order valence-corrected chi connectivity index (χ0v) is 11.4. The molecule has 0 bridgehead atoms. The zero-order valence-electron chi connectivity index (χ0n) is 9.88. The van der Waals surface area contributed by atoms with Gasteiger partial charge in [-0.15, -0.1) is 0 Å². The Hall–Kier alpha value is -1.73. The summed E-state index contributed by atoms with van der Waals surface area (Å²) in [5, 5.41) is -2.32. The van der Waals surface area contributed by atoms with Crippen LogP contribution in [0.3, 0.4) is 0 Å². The molecule has 3 nitrogen and oxygen atoms in total. The first-order valence-electron chi connectivity index (χ1n) is 5.30. The summed E-state index contributed by atoms with van der Waals surface area (Å²) in [6.07, 6.45) is -2.50. The van der Waals surface area contributed by atoms with Gasteiger partial charge in [0.15, 0.2) is 5.82 Å². The molecule has 1 aromatic heterocycles. The maximum atomic E-state index is 14.2. The van der Waals surface area contributed by atoms with Crippen LogP contribution in [0.4, 0.5) is 17.6 Å². The molecular formula is C12H4Cl2F4N2O. The Bertz CT molecular complexity index is 705. The minimum absolute atomic E-state index is 0.263. The van der Waals surface area contributed by atoms with Crippen molar-refractivity contribution in [1.82, 2.24) is 9.97 Å². The van der Waals surface area contributed by atoms with E-state index in [1.165, 1.54) is 18.5 Å². The van der Waals surface area contributed by atoms with Crippen LogP contribution < -0.4 is 0 Å². The molecule has 0 radical (unpaired) electrons. The molecule has 0 aliphatic rings. The fraction of sp³-hybridized carbons (Fsp3) is 0.0833. The van der Waals surface area contributed by atoms with Gasteiger partial charge in [0.25, 0.3) is 5.24 Å². The summed E-state index contributed by atoms with van der Waals surface area (Å²) in [4.78, 5) is 18.4. The number of hydrogen-bond acceptors (Lipinski definition) is 3. The summed E-state index contributed by atoms with van der Waals surface area (Å²) in [6, 6.07) is 1.65. The maximum absolute atomic E-state index is 14.2. The minimum Gasteiger partial charge on any atom is -0.275 e. The van der Waals surface area contributed by atoms with Crippen LogP contribution in [0.1, 0.15) is 15.9 Å². The molecule has 0 fully saturated rings. The second-order valence-corrected chi connectivity index (χ2v) is 4.54. The van der Waals surface area contributed by atoms with E-state index < -0.39 is 38.9 Å². The SMILES string of the molecule is O=C(Cl)c1cc(C(F)(F)F)c(Cl)c(-c2ncccn2)c1F. The Morgan fingerprint density at radius 3 is 2.24 bits per heavy atom. The number of rotatable bonds is 2. The molecule has 2 aromatic rings. The molecule has 1 heterocycles. The lowest BCUT2D eigenvalue weighted by atomic mass is 10.0. The van der Waals surface area contributed by atoms with E-state index in [0.717, 1.165) is 0 Å². The number of aromatic nitrogens is 2. The largest absolute Gasteiger partial charge is 0.417 e. The van der Waals surface area contributed by atoms with Gasteiger partial charge in [-0.2, -0.15) is 13.2 Å². The number of carbonyl (C=O) groups excluding carboxylic acids is 1. The molecule has 110 valence electrons. The molecule has 0 aliphatic carbocycles. The lowest BCUT2D eigenvalue weighted by Crippen LogP contribution is -2.11. The molecule has 0 atom stereocenters. The third-order valence-corrected chi connectivity index (χ3v) is 3.10. The summed E-state index contributed by atoms with van der Waals surface area (Å²) in [6.45, 7) is 0. The van der Waals surface area contributed by atoms with Gasteiger partial charge >= 0.3 is 6.18 Å². The second kappa shape index (κ2) is 5.57. The minimum atomic E-state index is -4.89. The monoisotopic (exact) mass is 338 g/mol. The van der Waals surface area contributed by atoms with Gasteiger partial charge in [-0.3, -0.25) is 4.79 Å². The van der Waals surface area contributed by atoms with E-state index >= 15 is 0 Å². The topological polar surface area (TPSA) is 42.9 Å². The molecular weight excluding hydrogens is 335 g/mol. The van der Waals surface area contributed by atoms with Crippen molar-refractivity contribution >= 4 is 28.4 Å². The molecule has 0 saturated heterocycles. The van der Waals surface area contributed by atoms with E-state index in [0.29, 0.717) is 0 Å². The molecule has 0 N–H and O–H groups in total. The maximum Gasteiger partial charge on any atom is 0.417 e.